The molecule has 9 nitrogen and oxygen atoms in total. The van der Waals surface area contributed by atoms with Crippen molar-refractivity contribution in [2.24, 2.45) is 17.8 Å². The molecule has 248 valence electrons. The maximum Gasteiger partial charge on any atom is 0.264 e. The molecule has 4 aliphatic rings. The van der Waals surface area contributed by atoms with E-state index in [1.165, 1.54) is 11.1 Å². The van der Waals surface area contributed by atoms with Crippen molar-refractivity contribution >= 4 is 33.2 Å². The zero-order chi connectivity index (χ0) is 33.0. The van der Waals surface area contributed by atoms with E-state index in [4.69, 9.17) is 16.3 Å². The fraction of sp³-hybridized carbons (Fsp3) is 0.472. The summed E-state index contributed by atoms with van der Waals surface area (Å²) in [6.45, 7) is 5.14. The van der Waals surface area contributed by atoms with E-state index in [2.05, 4.69) is 31.7 Å². The monoisotopic (exact) mass is 676 g/mol. The van der Waals surface area contributed by atoms with Gasteiger partial charge in [-0.05, 0) is 98.7 Å². The van der Waals surface area contributed by atoms with Crippen LogP contribution in [0.2, 0.25) is 5.02 Å². The van der Waals surface area contributed by atoms with Gasteiger partial charge in [-0.3, -0.25) is 14.8 Å². The highest BCUT2D eigenvalue weighted by Gasteiger charge is 2.49. The quantitative estimate of drug-likeness (QED) is 0.322. The Bertz CT molecular complexity index is 1820. The van der Waals surface area contributed by atoms with Crippen molar-refractivity contribution in [2.45, 2.75) is 68.6 Å². The predicted molar refractivity (Wildman–Crippen MR) is 181 cm³/mol. The molecule has 2 aromatic carbocycles. The molecule has 1 spiro atoms. The number of aromatic nitrogens is 2. The van der Waals surface area contributed by atoms with Gasteiger partial charge in [0.15, 0.2) is 0 Å². The molecule has 3 aromatic rings. The molecule has 0 unspecified atom stereocenters. The van der Waals surface area contributed by atoms with Crippen molar-refractivity contribution < 1.29 is 23.1 Å². The number of amides is 1. The third kappa shape index (κ3) is 5.82. The van der Waals surface area contributed by atoms with Crippen molar-refractivity contribution in [1.82, 2.24) is 14.7 Å². The van der Waals surface area contributed by atoms with Crippen molar-refractivity contribution in [3.05, 3.63) is 94.5 Å². The molecule has 7 rings (SSSR count). The summed E-state index contributed by atoms with van der Waals surface area (Å²) in [5, 5.41) is 12.3. The fourth-order valence-corrected chi connectivity index (χ4v) is 9.53. The lowest BCUT2D eigenvalue weighted by Gasteiger charge is -2.48. The lowest BCUT2D eigenvalue weighted by molar-refractivity contribution is -0.0532. The number of aliphatic hydroxyl groups is 1. The maximum atomic E-state index is 13.5. The molecule has 1 fully saturated rings. The fourth-order valence-electron chi connectivity index (χ4n) is 8.05. The van der Waals surface area contributed by atoms with E-state index >= 15 is 0 Å². The predicted octanol–water partition coefficient (Wildman–Crippen LogP) is 5.56. The Morgan fingerprint density at radius 3 is 2.74 bits per heavy atom. The molecule has 47 heavy (non-hydrogen) atoms. The average Bonchev–Trinajstić information content (AvgIpc) is 3.19. The van der Waals surface area contributed by atoms with Gasteiger partial charge < -0.3 is 14.7 Å². The number of benzene rings is 2. The Hall–Kier alpha value is -3.47. The van der Waals surface area contributed by atoms with Crippen molar-refractivity contribution in [2.75, 3.05) is 24.6 Å². The molecule has 2 aliphatic heterocycles. The minimum Gasteiger partial charge on any atom is -0.490 e. The number of carbonyl (C=O) groups is 1. The second-order valence-corrected chi connectivity index (χ2v) is 16.4. The summed E-state index contributed by atoms with van der Waals surface area (Å²) in [5.41, 5.74) is 2.21. The largest absolute Gasteiger partial charge is 0.490 e. The van der Waals surface area contributed by atoms with Crippen molar-refractivity contribution in [3.63, 3.8) is 0 Å². The molecule has 1 aromatic heterocycles. The number of allylic oxidation sites excluding steroid dienone is 1. The van der Waals surface area contributed by atoms with Crippen LogP contribution < -0.4 is 14.4 Å². The Morgan fingerprint density at radius 1 is 1.13 bits per heavy atom. The molecule has 2 aliphatic carbocycles. The normalized spacial score (nSPS) is 32.5. The number of halogens is 1. The number of rotatable bonds is 1. The van der Waals surface area contributed by atoms with E-state index in [1.807, 2.05) is 19.1 Å². The van der Waals surface area contributed by atoms with E-state index in [0.717, 1.165) is 37.8 Å². The minimum atomic E-state index is -4.00. The van der Waals surface area contributed by atoms with E-state index in [1.54, 1.807) is 49.8 Å². The molecule has 6 atom stereocenters. The third-order valence-corrected chi connectivity index (χ3v) is 13.3. The van der Waals surface area contributed by atoms with E-state index in [9.17, 15) is 18.3 Å². The van der Waals surface area contributed by atoms with Gasteiger partial charge in [0.2, 0.25) is 10.0 Å². The number of aryl methyl sites for hydroxylation is 1. The lowest BCUT2D eigenvalue weighted by Crippen LogP contribution is -2.51. The molecule has 1 amide bonds. The smallest absolute Gasteiger partial charge is 0.264 e. The van der Waals surface area contributed by atoms with Gasteiger partial charge in [0.1, 0.15) is 11.4 Å². The van der Waals surface area contributed by atoms with Crippen LogP contribution in [0.5, 0.6) is 5.75 Å². The number of anilines is 1. The second-order valence-electron chi connectivity index (χ2n) is 13.9. The Kier molecular flexibility index (Phi) is 8.33. The summed E-state index contributed by atoms with van der Waals surface area (Å²) >= 11 is 6.43. The van der Waals surface area contributed by atoms with Crippen LogP contribution in [-0.2, 0) is 27.5 Å². The van der Waals surface area contributed by atoms with Gasteiger partial charge in [-0.25, -0.2) is 13.1 Å². The Morgan fingerprint density at radius 2 is 1.98 bits per heavy atom. The summed E-state index contributed by atoms with van der Waals surface area (Å²) in [4.78, 5) is 24.6. The summed E-state index contributed by atoms with van der Waals surface area (Å²) in [7, 11) is -4.00. The first kappa shape index (κ1) is 32.1. The van der Waals surface area contributed by atoms with Gasteiger partial charge in [-0.1, -0.05) is 36.7 Å². The van der Waals surface area contributed by atoms with E-state index in [-0.39, 0.29) is 28.7 Å². The number of ether oxygens (including phenoxy) is 1. The van der Waals surface area contributed by atoms with Gasteiger partial charge in [0, 0.05) is 47.4 Å². The molecule has 11 heteroatoms. The lowest BCUT2D eigenvalue weighted by atomic mass is 9.63. The molecule has 0 radical (unpaired) electrons. The molecule has 1 saturated carbocycles. The van der Waals surface area contributed by atoms with Crippen LogP contribution in [0.25, 0.3) is 0 Å². The number of nitrogens with zero attached hydrogens (tertiary/aromatic N) is 3. The molecule has 2 bridgehead atoms. The maximum absolute atomic E-state index is 13.5. The standard InChI is InChI=1S/C36H41ClN4O5S/c1-23-5-3-14-36(43,33-19-38-15-16-39-33)30-10-7-27(30)20-41-21-35(13-4-6-25-17-28(37)9-11-29(25)35)22-46-32-12-8-26(18-31(32)41)34(42)40-47(44,45)24(23)2/h3,8-9,11-12,14-19,23-24,27,30,43H,4-7,10,13,20-22H2,1-2H3,(H,40,42)/b14-3-/t23-,24+,27-,30+,35-,36+/m0/s1. The van der Waals surface area contributed by atoms with Crippen LogP contribution in [0.15, 0.2) is 67.1 Å². The highest BCUT2D eigenvalue weighted by atomic mass is 35.5. The first-order valence-corrected chi connectivity index (χ1v) is 18.4. The van der Waals surface area contributed by atoms with Crippen molar-refractivity contribution in [1.29, 1.82) is 0 Å². The van der Waals surface area contributed by atoms with Gasteiger partial charge in [-0.2, -0.15) is 0 Å². The number of fused-ring (bicyclic) bond motifs is 4. The molecule has 3 heterocycles. The van der Waals surface area contributed by atoms with Gasteiger partial charge >= 0.3 is 0 Å². The van der Waals surface area contributed by atoms with Crippen LogP contribution >= 0.6 is 11.6 Å². The van der Waals surface area contributed by atoms with Crippen LogP contribution in [0.1, 0.15) is 73.1 Å². The third-order valence-electron chi connectivity index (χ3n) is 11.1. The van der Waals surface area contributed by atoms with Crippen LogP contribution in [0.4, 0.5) is 5.69 Å². The summed E-state index contributed by atoms with van der Waals surface area (Å²) in [6.07, 6.45) is 13.4. The van der Waals surface area contributed by atoms with Crippen molar-refractivity contribution in [3.8, 4) is 5.75 Å². The molecule has 2 N–H and O–H groups in total. The average molecular weight is 677 g/mol. The van der Waals surface area contributed by atoms with Crippen LogP contribution in [-0.4, -0.2) is 54.3 Å². The molecular formula is C36H41ClN4O5S. The summed E-state index contributed by atoms with van der Waals surface area (Å²) in [6, 6.07) is 11.3. The Balaban J connectivity index is 1.35. The Labute approximate surface area is 281 Å². The number of carbonyl (C=O) groups excluding carboxylic acids is 1. The molecule has 0 saturated heterocycles. The van der Waals surface area contributed by atoms with Crippen LogP contribution in [0.3, 0.4) is 0 Å². The number of hydrogen-bond donors (Lipinski definition) is 2. The zero-order valence-corrected chi connectivity index (χ0v) is 28.3. The van der Waals surface area contributed by atoms with Gasteiger partial charge in [0.05, 0.1) is 29.4 Å². The minimum absolute atomic E-state index is 0.102. The summed E-state index contributed by atoms with van der Waals surface area (Å²) in [5.74, 6) is -0.388. The summed E-state index contributed by atoms with van der Waals surface area (Å²) < 4.78 is 35.7. The van der Waals surface area contributed by atoms with E-state index < -0.39 is 26.8 Å². The number of nitrogens with one attached hydrogen (secondary N) is 1. The second kappa shape index (κ2) is 12.2. The highest BCUT2D eigenvalue weighted by molar-refractivity contribution is 7.90. The van der Waals surface area contributed by atoms with E-state index in [0.29, 0.717) is 42.6 Å². The zero-order valence-electron chi connectivity index (χ0n) is 26.7. The number of sulfonamides is 1. The first-order valence-electron chi connectivity index (χ1n) is 16.5. The highest BCUT2D eigenvalue weighted by Crippen LogP contribution is 2.50. The van der Waals surface area contributed by atoms with Gasteiger partial charge in [0.25, 0.3) is 5.91 Å². The topological polar surface area (TPSA) is 122 Å². The number of hydrogen-bond acceptors (Lipinski definition) is 8. The van der Waals surface area contributed by atoms with Gasteiger partial charge in [-0.15, -0.1) is 0 Å². The SMILES string of the molecule is C[C@@H]1[C@@H](C)C/C=C\[C@](O)(c2cnccn2)[C@@H]2CC[C@H]2CN2C[C@@]3(CCCc4cc(Cl)ccc43)COc3ccc(cc32)C(=O)NS1(=O)=O. The molecular weight excluding hydrogens is 636 g/mol. The first-order chi connectivity index (χ1) is 22.5. The van der Waals surface area contributed by atoms with Crippen LogP contribution in [0, 0.1) is 17.8 Å².